The van der Waals surface area contributed by atoms with E-state index in [9.17, 15) is 0 Å². The summed E-state index contributed by atoms with van der Waals surface area (Å²) in [6.45, 7) is 25.2. The zero-order chi connectivity index (χ0) is 28.4. The molecule has 0 unspecified atom stereocenters. The van der Waals surface area contributed by atoms with Crippen LogP contribution in [0.2, 0.25) is 23.2 Å². The predicted molar refractivity (Wildman–Crippen MR) is 164 cm³/mol. The molecule has 3 atom stereocenters. The zero-order valence-electron chi connectivity index (χ0n) is 25.8. The summed E-state index contributed by atoms with van der Waals surface area (Å²) in [4.78, 5) is 0. The van der Waals surface area contributed by atoms with Gasteiger partial charge in [-0.2, -0.15) is 0 Å². The Kier molecular flexibility index (Phi) is 9.60. The van der Waals surface area contributed by atoms with Gasteiger partial charge < -0.3 is 18.3 Å². The van der Waals surface area contributed by atoms with Crippen molar-refractivity contribution in [1.29, 1.82) is 0 Å². The molecule has 0 spiro atoms. The third-order valence-corrected chi connectivity index (χ3v) is 17.9. The molecule has 3 rings (SSSR count). The van der Waals surface area contributed by atoms with Gasteiger partial charge in [0.15, 0.2) is 14.1 Å². The lowest BCUT2D eigenvalue weighted by Gasteiger charge is -2.46. The molecule has 2 aromatic rings. The summed E-state index contributed by atoms with van der Waals surface area (Å²) in [5.41, 5.74) is 0. The smallest absolute Gasteiger partial charge is 0.261 e. The molecule has 2 aromatic carbocycles. The van der Waals surface area contributed by atoms with Gasteiger partial charge in [-0.15, -0.1) is 0 Å². The molecule has 6 heteroatoms. The molecule has 0 bridgehead atoms. The maximum Gasteiger partial charge on any atom is 0.261 e. The van der Waals surface area contributed by atoms with Gasteiger partial charge in [-0.25, -0.2) is 0 Å². The number of rotatable bonds is 10. The molecule has 1 heterocycles. The molecule has 1 fully saturated rings. The van der Waals surface area contributed by atoms with Crippen molar-refractivity contribution in [2.24, 2.45) is 0 Å². The normalized spacial score (nSPS) is 21.4. The molecule has 0 amide bonds. The first-order valence-electron chi connectivity index (χ1n) is 14.3. The topological polar surface area (TPSA) is 36.9 Å². The summed E-state index contributed by atoms with van der Waals surface area (Å²) in [7, 11) is -4.70. The van der Waals surface area contributed by atoms with Gasteiger partial charge in [0.05, 0.1) is 12.7 Å². The number of hydrogen-bond donors (Lipinski definition) is 0. The largest absolute Gasteiger partial charge is 0.414 e. The Balaban J connectivity index is 2.07. The quantitative estimate of drug-likeness (QED) is 0.288. The standard InChI is InChI=1S/C32H52O4Si2/c1-12-19-27(29-28(34-32(8,9)35-29)24-33-37(10,11)30(2,3)4)36-38(31(5,6)7,25-20-15-13-16-21-25)26-22-17-14-18-23-26/h13-18,20-23,27-29H,12,19,24H2,1-11H3/t27-,28-,29+/m1/s1. The van der Waals surface area contributed by atoms with Gasteiger partial charge in [-0.1, -0.05) is 116 Å². The summed E-state index contributed by atoms with van der Waals surface area (Å²) in [5.74, 6) is -0.688. The van der Waals surface area contributed by atoms with Crippen LogP contribution in [0.3, 0.4) is 0 Å². The van der Waals surface area contributed by atoms with Crippen molar-refractivity contribution in [3.8, 4) is 0 Å². The molecule has 0 saturated carbocycles. The van der Waals surface area contributed by atoms with E-state index in [1.54, 1.807) is 0 Å². The van der Waals surface area contributed by atoms with E-state index >= 15 is 0 Å². The maximum atomic E-state index is 7.61. The highest BCUT2D eigenvalue weighted by atomic mass is 28.4. The van der Waals surface area contributed by atoms with E-state index in [1.165, 1.54) is 10.4 Å². The highest BCUT2D eigenvalue weighted by Crippen LogP contribution is 2.42. The molecule has 0 radical (unpaired) electrons. The van der Waals surface area contributed by atoms with E-state index in [-0.39, 0.29) is 28.4 Å². The van der Waals surface area contributed by atoms with Crippen LogP contribution in [0.4, 0.5) is 0 Å². The lowest BCUT2D eigenvalue weighted by molar-refractivity contribution is -0.155. The zero-order valence-corrected chi connectivity index (χ0v) is 27.8. The fourth-order valence-electron chi connectivity index (χ4n) is 5.31. The van der Waals surface area contributed by atoms with E-state index in [1.807, 2.05) is 13.8 Å². The molecule has 1 saturated heterocycles. The average molecular weight is 557 g/mol. The van der Waals surface area contributed by atoms with Crippen molar-refractivity contribution in [1.82, 2.24) is 0 Å². The third-order valence-electron chi connectivity index (χ3n) is 8.32. The summed E-state index contributed by atoms with van der Waals surface area (Å²) < 4.78 is 27.5. The van der Waals surface area contributed by atoms with Crippen LogP contribution in [0.15, 0.2) is 60.7 Å². The molecule has 1 aliphatic rings. The predicted octanol–water partition coefficient (Wildman–Crippen LogP) is 7.27. The maximum absolute atomic E-state index is 7.61. The molecular formula is C32H52O4Si2. The molecule has 4 nitrogen and oxygen atoms in total. The second-order valence-corrected chi connectivity index (χ2v) is 22.9. The van der Waals surface area contributed by atoms with E-state index in [2.05, 4.69) is 122 Å². The van der Waals surface area contributed by atoms with Gasteiger partial charge in [0.25, 0.3) is 8.32 Å². The van der Waals surface area contributed by atoms with Crippen molar-refractivity contribution >= 4 is 27.0 Å². The van der Waals surface area contributed by atoms with Crippen LogP contribution in [-0.4, -0.2) is 47.3 Å². The van der Waals surface area contributed by atoms with E-state index in [4.69, 9.17) is 18.3 Å². The molecule has 38 heavy (non-hydrogen) atoms. The first-order valence-corrected chi connectivity index (χ1v) is 19.1. The Morgan fingerprint density at radius 1 is 0.816 bits per heavy atom. The SMILES string of the molecule is CCC[C@@H](O[Si](c1ccccc1)(c1ccccc1)C(C)(C)C)[C@@H]1OC(C)(C)O[C@@H]1CO[Si](C)(C)C(C)(C)C. The Morgan fingerprint density at radius 3 is 1.74 bits per heavy atom. The van der Waals surface area contributed by atoms with E-state index < -0.39 is 22.4 Å². The van der Waals surface area contributed by atoms with Crippen LogP contribution >= 0.6 is 0 Å². The second-order valence-electron chi connectivity index (χ2n) is 13.8. The minimum absolute atomic E-state index is 0.107. The minimum atomic E-state index is -2.75. The van der Waals surface area contributed by atoms with Crippen LogP contribution in [0.25, 0.3) is 0 Å². The fraction of sp³-hybridized carbons (Fsp3) is 0.625. The van der Waals surface area contributed by atoms with Crippen molar-refractivity contribution in [2.45, 2.75) is 122 Å². The minimum Gasteiger partial charge on any atom is -0.414 e. The number of hydrogen-bond acceptors (Lipinski definition) is 4. The molecule has 0 N–H and O–H groups in total. The van der Waals surface area contributed by atoms with Crippen molar-refractivity contribution in [3.63, 3.8) is 0 Å². The Bertz CT molecular complexity index is 970. The van der Waals surface area contributed by atoms with Crippen LogP contribution < -0.4 is 10.4 Å². The lowest BCUT2D eigenvalue weighted by atomic mass is 10.0. The van der Waals surface area contributed by atoms with Crippen molar-refractivity contribution in [2.75, 3.05) is 6.61 Å². The molecule has 1 aliphatic heterocycles. The van der Waals surface area contributed by atoms with Gasteiger partial charge in [-0.3, -0.25) is 0 Å². The Labute approximate surface area is 234 Å². The Hall–Kier alpha value is -1.29. The van der Waals surface area contributed by atoms with Crippen LogP contribution in [-0.2, 0) is 18.3 Å². The molecule has 0 aromatic heterocycles. The average Bonchev–Trinajstić information content (AvgIpc) is 3.14. The lowest BCUT2D eigenvalue weighted by Crippen LogP contribution is -2.68. The molecule has 0 aliphatic carbocycles. The summed E-state index contributed by atoms with van der Waals surface area (Å²) in [5, 5.41) is 2.59. The van der Waals surface area contributed by atoms with Crippen LogP contribution in [0.1, 0.15) is 75.2 Å². The summed E-state index contributed by atoms with van der Waals surface area (Å²) in [6, 6.07) is 21.7. The van der Waals surface area contributed by atoms with Gasteiger partial charge in [0.1, 0.15) is 12.2 Å². The first-order chi connectivity index (χ1) is 17.5. The molecule has 212 valence electrons. The van der Waals surface area contributed by atoms with Gasteiger partial charge >= 0.3 is 0 Å². The van der Waals surface area contributed by atoms with Crippen LogP contribution in [0, 0.1) is 0 Å². The summed E-state index contributed by atoms with van der Waals surface area (Å²) >= 11 is 0. The van der Waals surface area contributed by atoms with Crippen molar-refractivity contribution < 1.29 is 18.3 Å². The van der Waals surface area contributed by atoms with E-state index in [0.717, 1.165) is 12.8 Å². The highest BCUT2D eigenvalue weighted by molar-refractivity contribution is 6.99. The van der Waals surface area contributed by atoms with Crippen LogP contribution in [0.5, 0.6) is 0 Å². The number of ether oxygens (including phenoxy) is 2. The number of benzene rings is 2. The third kappa shape index (κ3) is 6.70. The Morgan fingerprint density at radius 2 is 1.32 bits per heavy atom. The highest BCUT2D eigenvalue weighted by Gasteiger charge is 2.55. The van der Waals surface area contributed by atoms with Crippen molar-refractivity contribution in [3.05, 3.63) is 60.7 Å². The second kappa shape index (κ2) is 11.7. The van der Waals surface area contributed by atoms with E-state index in [0.29, 0.717) is 6.61 Å². The van der Waals surface area contributed by atoms with Gasteiger partial charge in [0, 0.05) is 0 Å². The molecular weight excluding hydrogens is 505 g/mol. The van der Waals surface area contributed by atoms with Gasteiger partial charge in [0.2, 0.25) is 0 Å². The monoisotopic (exact) mass is 556 g/mol. The first kappa shape index (κ1) is 31.2. The van der Waals surface area contributed by atoms with Gasteiger partial charge in [-0.05, 0) is 53.8 Å². The fourth-order valence-corrected chi connectivity index (χ4v) is 11.0. The summed E-state index contributed by atoms with van der Waals surface area (Å²) in [6.07, 6.45) is 1.37.